The summed E-state index contributed by atoms with van der Waals surface area (Å²) in [5, 5.41) is 9.70. The van der Waals surface area contributed by atoms with Crippen LogP contribution in [0.2, 0.25) is 0 Å². The number of benzene rings is 1. The van der Waals surface area contributed by atoms with E-state index < -0.39 is 24.7 Å². The molecule has 7 heteroatoms. The maximum atomic E-state index is 12.3. The first-order chi connectivity index (χ1) is 8.25. The van der Waals surface area contributed by atoms with E-state index in [1.165, 1.54) is 19.2 Å². The molecular weight excluding hydrogens is 315 g/mol. The first-order valence-corrected chi connectivity index (χ1v) is 5.88. The summed E-state index contributed by atoms with van der Waals surface area (Å²) < 4.78 is 42.3. The molecule has 0 radical (unpaired) electrons. The fourth-order valence-corrected chi connectivity index (χ4v) is 1.96. The van der Waals surface area contributed by atoms with Crippen LogP contribution in [0, 0.1) is 0 Å². The van der Waals surface area contributed by atoms with Crippen molar-refractivity contribution in [2.75, 3.05) is 7.11 Å². The van der Waals surface area contributed by atoms with Crippen molar-refractivity contribution in [1.29, 1.82) is 0 Å². The predicted octanol–water partition coefficient (Wildman–Crippen LogP) is 2.77. The number of methoxy groups -OCH3 is 1. The van der Waals surface area contributed by atoms with Gasteiger partial charge in [-0.1, -0.05) is 6.07 Å². The maximum absolute atomic E-state index is 12.3. The molecular formula is C11H13BrF3NO2. The van der Waals surface area contributed by atoms with Crippen LogP contribution >= 0.6 is 15.9 Å². The number of aliphatic hydroxyl groups is 1. The van der Waals surface area contributed by atoms with Crippen molar-refractivity contribution in [3.05, 3.63) is 28.2 Å². The summed E-state index contributed by atoms with van der Waals surface area (Å²) in [4.78, 5) is 0. The lowest BCUT2D eigenvalue weighted by Gasteiger charge is -2.19. The van der Waals surface area contributed by atoms with Gasteiger partial charge in [-0.15, -0.1) is 0 Å². The Balaban J connectivity index is 2.79. The molecule has 0 amide bonds. The van der Waals surface area contributed by atoms with Crippen molar-refractivity contribution in [3.8, 4) is 5.75 Å². The second-order valence-electron chi connectivity index (χ2n) is 3.79. The molecule has 1 aromatic rings. The van der Waals surface area contributed by atoms with E-state index in [2.05, 4.69) is 15.9 Å². The summed E-state index contributed by atoms with van der Waals surface area (Å²) in [5.41, 5.74) is 5.31. The van der Waals surface area contributed by atoms with Gasteiger partial charge in [0.2, 0.25) is 0 Å². The molecule has 0 aromatic heterocycles. The summed E-state index contributed by atoms with van der Waals surface area (Å²) in [6, 6.07) is 2.51. The highest BCUT2D eigenvalue weighted by molar-refractivity contribution is 9.10. The second kappa shape index (κ2) is 5.90. The Morgan fingerprint density at radius 2 is 2.06 bits per heavy atom. The molecule has 0 bridgehead atoms. The van der Waals surface area contributed by atoms with Crippen LogP contribution in [-0.2, 0) is 0 Å². The molecule has 3 nitrogen and oxygen atoms in total. The molecule has 0 fully saturated rings. The molecule has 0 aliphatic heterocycles. The molecule has 1 aromatic carbocycles. The van der Waals surface area contributed by atoms with Gasteiger partial charge >= 0.3 is 6.18 Å². The molecule has 0 aliphatic rings. The van der Waals surface area contributed by atoms with E-state index in [1.54, 1.807) is 6.07 Å². The van der Waals surface area contributed by atoms with Gasteiger partial charge in [-0.05, 0) is 33.6 Å². The van der Waals surface area contributed by atoms with Gasteiger partial charge in [0.1, 0.15) is 11.8 Å². The molecule has 102 valence electrons. The van der Waals surface area contributed by atoms with Gasteiger partial charge in [0.05, 0.1) is 17.7 Å². The Labute approximate surface area is 111 Å². The van der Waals surface area contributed by atoms with E-state index in [4.69, 9.17) is 10.5 Å². The number of rotatable bonds is 4. The predicted molar refractivity (Wildman–Crippen MR) is 64.3 cm³/mol. The zero-order chi connectivity index (χ0) is 13.9. The Morgan fingerprint density at radius 3 is 2.50 bits per heavy atom. The zero-order valence-corrected chi connectivity index (χ0v) is 11.1. The Bertz CT molecular complexity index is 412. The standard InChI is InChI=1S/C11H13BrF3NO2/c1-18-9-3-2-6(4-7(9)12)8(17)5-10(16)11(13,14)15/h2-4,8,10,17H,5,16H2,1H3/t8-,10-/m1/s1. The average Bonchev–Trinajstić information content (AvgIpc) is 2.27. The average molecular weight is 328 g/mol. The first kappa shape index (κ1) is 15.3. The minimum Gasteiger partial charge on any atom is -0.496 e. The van der Waals surface area contributed by atoms with Crippen LogP contribution in [0.15, 0.2) is 22.7 Å². The monoisotopic (exact) mass is 327 g/mol. The number of hydrogen-bond donors (Lipinski definition) is 2. The number of halogens is 4. The number of alkyl halides is 3. The smallest absolute Gasteiger partial charge is 0.403 e. The van der Waals surface area contributed by atoms with Crippen molar-refractivity contribution >= 4 is 15.9 Å². The van der Waals surface area contributed by atoms with Gasteiger partial charge in [0.25, 0.3) is 0 Å². The lowest BCUT2D eigenvalue weighted by Crippen LogP contribution is -2.38. The number of ether oxygens (including phenoxy) is 1. The maximum Gasteiger partial charge on any atom is 0.403 e. The summed E-state index contributed by atoms with van der Waals surface area (Å²) in [6.45, 7) is 0. The van der Waals surface area contributed by atoms with Gasteiger partial charge in [-0.3, -0.25) is 0 Å². The highest BCUT2D eigenvalue weighted by Gasteiger charge is 2.37. The van der Waals surface area contributed by atoms with Crippen LogP contribution in [0.1, 0.15) is 18.1 Å². The quantitative estimate of drug-likeness (QED) is 0.894. The summed E-state index contributed by atoms with van der Waals surface area (Å²) in [5.74, 6) is 0.533. The van der Waals surface area contributed by atoms with Crippen LogP contribution in [0.5, 0.6) is 5.75 Å². The number of nitrogens with two attached hydrogens (primary N) is 1. The van der Waals surface area contributed by atoms with Crippen LogP contribution in [-0.4, -0.2) is 24.4 Å². The lowest BCUT2D eigenvalue weighted by molar-refractivity contribution is -0.153. The van der Waals surface area contributed by atoms with Gasteiger partial charge in [0.15, 0.2) is 0 Å². The van der Waals surface area contributed by atoms with E-state index in [9.17, 15) is 18.3 Å². The first-order valence-electron chi connectivity index (χ1n) is 5.09. The lowest BCUT2D eigenvalue weighted by atomic mass is 10.0. The van der Waals surface area contributed by atoms with Gasteiger partial charge in [-0.25, -0.2) is 0 Å². The van der Waals surface area contributed by atoms with E-state index in [0.29, 0.717) is 15.8 Å². The SMILES string of the molecule is COc1ccc([C@H](O)C[C@@H](N)C(F)(F)F)cc1Br. The number of aliphatic hydroxyl groups excluding tert-OH is 1. The molecule has 0 saturated heterocycles. The van der Waals surface area contributed by atoms with E-state index in [0.717, 1.165) is 0 Å². The summed E-state index contributed by atoms with van der Waals surface area (Å²) >= 11 is 3.19. The molecule has 3 N–H and O–H groups in total. The second-order valence-corrected chi connectivity index (χ2v) is 4.65. The largest absolute Gasteiger partial charge is 0.496 e. The third-order valence-corrected chi connectivity index (χ3v) is 3.08. The van der Waals surface area contributed by atoms with Crippen LogP contribution < -0.4 is 10.5 Å². The highest BCUT2D eigenvalue weighted by atomic mass is 79.9. The minimum absolute atomic E-state index is 0.349. The third kappa shape index (κ3) is 3.86. The van der Waals surface area contributed by atoms with E-state index in [1.807, 2.05) is 0 Å². The molecule has 1 rings (SSSR count). The van der Waals surface area contributed by atoms with Crippen molar-refractivity contribution in [2.45, 2.75) is 24.7 Å². The third-order valence-electron chi connectivity index (χ3n) is 2.46. The Morgan fingerprint density at radius 1 is 1.44 bits per heavy atom. The van der Waals surface area contributed by atoms with E-state index >= 15 is 0 Å². The summed E-state index contributed by atoms with van der Waals surface area (Å²) in [6.07, 6.45) is -6.36. The molecule has 0 spiro atoms. The molecule has 0 aliphatic carbocycles. The van der Waals surface area contributed by atoms with Crippen molar-refractivity contribution in [2.24, 2.45) is 5.73 Å². The van der Waals surface area contributed by atoms with Crippen molar-refractivity contribution in [3.63, 3.8) is 0 Å². The number of hydrogen-bond acceptors (Lipinski definition) is 3. The van der Waals surface area contributed by atoms with Gasteiger partial charge in [-0.2, -0.15) is 13.2 Å². The van der Waals surface area contributed by atoms with Crippen LogP contribution in [0.4, 0.5) is 13.2 Å². The van der Waals surface area contributed by atoms with Crippen LogP contribution in [0.3, 0.4) is 0 Å². The fraction of sp³-hybridized carbons (Fsp3) is 0.455. The Hall–Kier alpha value is -0.790. The van der Waals surface area contributed by atoms with Gasteiger partial charge < -0.3 is 15.6 Å². The van der Waals surface area contributed by atoms with Crippen molar-refractivity contribution < 1.29 is 23.0 Å². The van der Waals surface area contributed by atoms with E-state index in [-0.39, 0.29) is 0 Å². The normalized spacial score (nSPS) is 15.3. The molecule has 0 saturated carbocycles. The summed E-state index contributed by atoms with van der Waals surface area (Å²) in [7, 11) is 1.47. The topological polar surface area (TPSA) is 55.5 Å². The van der Waals surface area contributed by atoms with Gasteiger partial charge in [0, 0.05) is 6.42 Å². The molecule has 0 heterocycles. The fourth-order valence-electron chi connectivity index (χ4n) is 1.40. The molecule has 18 heavy (non-hydrogen) atoms. The molecule has 0 unspecified atom stereocenters. The zero-order valence-electron chi connectivity index (χ0n) is 9.54. The van der Waals surface area contributed by atoms with Crippen molar-refractivity contribution in [1.82, 2.24) is 0 Å². The minimum atomic E-state index is -4.51. The van der Waals surface area contributed by atoms with Crippen LogP contribution in [0.25, 0.3) is 0 Å². The molecule has 2 atom stereocenters. The highest BCUT2D eigenvalue weighted by Crippen LogP contribution is 2.31. The Kier molecular flexibility index (Phi) is 5.01.